The fraction of sp³-hybridized carbons (Fsp3) is 0. The van der Waals surface area contributed by atoms with Gasteiger partial charge in [0.2, 0.25) is 0 Å². The Morgan fingerprint density at radius 1 is 0.917 bits per heavy atom. The third-order valence-electron chi connectivity index (χ3n) is 0.183. The number of hydrogen-bond acceptors (Lipinski definition) is 3. The number of carboxylic acid groups (broad SMARTS) is 2. The van der Waals surface area contributed by atoms with E-state index in [-0.39, 0.29) is 103 Å². The molecule has 0 aromatic heterocycles. The van der Waals surface area contributed by atoms with Crippen molar-refractivity contribution in [2.45, 2.75) is 0 Å². The van der Waals surface area contributed by atoms with Crippen molar-refractivity contribution in [3.05, 3.63) is 0 Å². The van der Waals surface area contributed by atoms with Crippen molar-refractivity contribution >= 4 is 124 Å². The van der Waals surface area contributed by atoms with Gasteiger partial charge in [-0.3, -0.25) is 4.46 Å². The van der Waals surface area contributed by atoms with Gasteiger partial charge in [0.25, 0.3) is 0 Å². The molecule has 0 saturated carbocycles. The van der Waals surface area contributed by atoms with Crippen LogP contribution >= 0.6 is 0 Å². The maximum atomic E-state index is 9.10. The van der Waals surface area contributed by atoms with Gasteiger partial charge in [0.1, 0.15) is 0 Å². The average molecular weight is 248 g/mol. The molecule has 0 aliphatic carbocycles. The first-order valence-electron chi connectivity index (χ1n) is 1.76. The molecule has 0 atom stereocenters. The minimum atomic E-state index is -3.13. The summed E-state index contributed by atoms with van der Waals surface area (Å²) in [6.45, 7) is 0. The molecule has 0 bridgehead atoms. The number of carboxylic acids is 2. The van der Waals surface area contributed by atoms with Crippen molar-refractivity contribution in [1.29, 1.82) is 0 Å². The first-order valence-corrected chi connectivity index (χ1v) is 3.06. The quantitative estimate of drug-likeness (QED) is 0.256. The second kappa shape index (κ2) is 15.3. The van der Waals surface area contributed by atoms with E-state index in [1.165, 1.54) is 0 Å². The van der Waals surface area contributed by atoms with Gasteiger partial charge in [-0.2, -0.15) is 0 Å². The molecule has 0 radical (unpaired) electrons. The summed E-state index contributed by atoms with van der Waals surface area (Å²) in [5, 5.41) is 14.8. The monoisotopic (exact) mass is 248 g/mol. The molecule has 0 spiro atoms. The molecule has 7 nitrogen and oxygen atoms in total. The van der Waals surface area contributed by atoms with Gasteiger partial charge >= 0.3 is 124 Å². The van der Waals surface area contributed by atoms with Crippen molar-refractivity contribution in [1.82, 2.24) is 0 Å². The van der Waals surface area contributed by atoms with Gasteiger partial charge in [-0.05, 0) is 0 Å². The van der Waals surface area contributed by atoms with Crippen LogP contribution in [0.4, 0.5) is 0 Å². The zero-order chi connectivity index (χ0) is 8.73. The summed E-state index contributed by atoms with van der Waals surface area (Å²) in [6.07, 6.45) is 0. The van der Waals surface area contributed by atoms with Gasteiger partial charge in [-0.15, -0.1) is 0 Å². The Kier molecular flexibility index (Phi) is 30.1. The normalized spacial score (nSPS) is 5.67. The Balaban J connectivity index is -0.0000000483. The summed E-state index contributed by atoms with van der Waals surface area (Å²) in [6, 6.07) is 0. The summed E-state index contributed by atoms with van der Waals surface area (Å²) >= 11 is 0. The molecule has 0 aromatic rings. The second-order valence-corrected chi connectivity index (χ2v) is 1.46. The van der Waals surface area contributed by atoms with Crippen LogP contribution in [0.25, 0.3) is 0 Å². The van der Waals surface area contributed by atoms with Gasteiger partial charge < -0.3 is 19.8 Å². The van der Waals surface area contributed by atoms with Crippen LogP contribution < -0.4 is 0 Å². The second-order valence-electron chi connectivity index (χ2n) is 0.893. The molecule has 10 heteroatoms. The zero-order valence-electron chi connectivity index (χ0n) is 4.51. The van der Waals surface area contributed by atoms with Crippen molar-refractivity contribution < 1.29 is 33.9 Å². The number of carbonyl (C=O) groups is 2. The van der Waals surface area contributed by atoms with Gasteiger partial charge in [0.05, 0.1) is 0 Å². The molecular formula is C2H6K2O7Si. The van der Waals surface area contributed by atoms with E-state index in [2.05, 4.69) is 0 Å². The molecule has 0 aliphatic rings. The molecule has 0 saturated heterocycles. The molecule has 0 rings (SSSR count). The Morgan fingerprint density at radius 3 is 1.00 bits per heavy atom. The molecule has 12 heavy (non-hydrogen) atoms. The van der Waals surface area contributed by atoms with E-state index in [1.54, 1.807) is 0 Å². The van der Waals surface area contributed by atoms with E-state index in [0.29, 0.717) is 0 Å². The van der Waals surface area contributed by atoms with E-state index in [1.807, 2.05) is 0 Å². The van der Waals surface area contributed by atoms with Crippen LogP contribution in [0.15, 0.2) is 0 Å². The first-order chi connectivity index (χ1) is 4.37. The zero-order valence-corrected chi connectivity index (χ0v) is 5.51. The summed E-state index contributed by atoms with van der Waals surface area (Å²) in [7, 11) is -3.13. The van der Waals surface area contributed by atoms with E-state index >= 15 is 0 Å². The molecular weight excluding hydrogens is 242 g/mol. The van der Waals surface area contributed by atoms with E-state index < -0.39 is 21.1 Å². The van der Waals surface area contributed by atoms with Crippen LogP contribution in [-0.4, -0.2) is 144 Å². The SMILES string of the molecule is O=C(O)C(=O)O.O=[Si](O)O.[KH].[KH]. The van der Waals surface area contributed by atoms with Crippen molar-refractivity contribution in [2.75, 3.05) is 0 Å². The van der Waals surface area contributed by atoms with Crippen LogP contribution in [0.2, 0.25) is 0 Å². The summed E-state index contributed by atoms with van der Waals surface area (Å²) < 4.78 is 8.74. The fourth-order valence-corrected chi connectivity index (χ4v) is 0. The maximum absolute atomic E-state index is 9.10. The van der Waals surface area contributed by atoms with Gasteiger partial charge in [0.15, 0.2) is 0 Å². The number of rotatable bonds is 0. The third-order valence-corrected chi connectivity index (χ3v) is 0.183. The summed E-state index contributed by atoms with van der Waals surface area (Å²) in [5.74, 6) is -3.65. The molecule has 0 unspecified atom stereocenters. The molecule has 0 heterocycles. The van der Waals surface area contributed by atoms with Crippen molar-refractivity contribution in [3.8, 4) is 0 Å². The van der Waals surface area contributed by atoms with Crippen LogP contribution in [0.3, 0.4) is 0 Å². The van der Waals surface area contributed by atoms with Gasteiger partial charge in [-0.1, -0.05) is 0 Å². The topological polar surface area (TPSA) is 132 Å². The number of aliphatic carboxylic acids is 2. The van der Waals surface area contributed by atoms with E-state index in [4.69, 9.17) is 33.9 Å². The van der Waals surface area contributed by atoms with Gasteiger partial charge in [-0.25, -0.2) is 9.59 Å². The molecule has 0 fully saturated rings. The Labute approximate surface area is 154 Å². The Bertz CT molecular complexity index is 141. The first kappa shape index (κ1) is 23.6. The Hall–Kier alpha value is 1.83. The molecule has 0 amide bonds. The molecule has 4 N–H and O–H groups in total. The average Bonchev–Trinajstić information content (AvgIpc) is 1.63. The predicted molar refractivity (Wildman–Crippen MR) is 40.4 cm³/mol. The van der Waals surface area contributed by atoms with Crippen LogP contribution in [0.1, 0.15) is 0 Å². The van der Waals surface area contributed by atoms with E-state index in [0.717, 1.165) is 0 Å². The van der Waals surface area contributed by atoms with Crippen molar-refractivity contribution in [3.63, 3.8) is 0 Å². The fourth-order valence-electron chi connectivity index (χ4n) is 0. The van der Waals surface area contributed by atoms with Crippen LogP contribution in [0.5, 0.6) is 0 Å². The molecule has 62 valence electrons. The van der Waals surface area contributed by atoms with Crippen molar-refractivity contribution in [2.24, 2.45) is 0 Å². The Morgan fingerprint density at radius 2 is 1.00 bits per heavy atom. The standard InChI is InChI=1S/C2H2O4.2K.H2O3Si.2H/c3-1(4)2(5)6;;;1-4(2)3;;/h(H,3,4)(H,5,6);;;1-2H;;. The van der Waals surface area contributed by atoms with Crippen LogP contribution in [0, 0.1) is 0 Å². The number of hydrogen-bond donors (Lipinski definition) is 4. The summed E-state index contributed by atoms with van der Waals surface area (Å²) in [5.41, 5.74) is 0. The molecule has 0 aliphatic heterocycles. The third kappa shape index (κ3) is 40.8. The minimum absolute atomic E-state index is 0. The van der Waals surface area contributed by atoms with Gasteiger partial charge in [0, 0.05) is 0 Å². The summed E-state index contributed by atoms with van der Waals surface area (Å²) in [4.78, 5) is 32.5. The predicted octanol–water partition coefficient (Wildman–Crippen LogP) is -3.75. The molecule has 0 aromatic carbocycles. The van der Waals surface area contributed by atoms with E-state index in [9.17, 15) is 0 Å². The van der Waals surface area contributed by atoms with Crippen LogP contribution in [-0.2, 0) is 14.1 Å².